The number of esters is 1. The molecule has 1 N–H and O–H groups in total. The van der Waals surface area contributed by atoms with Gasteiger partial charge in [-0.3, -0.25) is 9.59 Å². The van der Waals surface area contributed by atoms with Gasteiger partial charge in [0, 0.05) is 5.75 Å². The van der Waals surface area contributed by atoms with E-state index in [1.54, 1.807) is 0 Å². The van der Waals surface area contributed by atoms with Gasteiger partial charge in [-0.1, -0.05) is 90.4 Å². The normalized spacial score (nSPS) is 24.2. The summed E-state index contributed by atoms with van der Waals surface area (Å²) in [4.78, 5) is 23.8. The van der Waals surface area contributed by atoms with Crippen LogP contribution in [0.3, 0.4) is 0 Å². The number of unbranched alkanes of at least 4 members (excludes halogenated alkanes) is 13. The third-order valence-electron chi connectivity index (χ3n) is 6.94. The van der Waals surface area contributed by atoms with Crippen molar-refractivity contribution in [2.45, 2.75) is 122 Å². The van der Waals surface area contributed by atoms with Gasteiger partial charge in [0.25, 0.3) is 0 Å². The second-order valence-electron chi connectivity index (χ2n) is 9.56. The zero-order valence-corrected chi connectivity index (χ0v) is 21.0. The van der Waals surface area contributed by atoms with Crippen molar-refractivity contribution in [3.63, 3.8) is 0 Å². The quantitative estimate of drug-likeness (QED) is 0.159. The molecule has 0 aromatic heterocycles. The van der Waals surface area contributed by atoms with E-state index in [1.165, 1.54) is 89.9 Å². The molecule has 0 radical (unpaired) electrons. The standard InChI is InChI=1S/C26H46O5S/c1-2-3-4-5-6-7-8-9-10-11-12-13-14-15-19-32-20-18-30-26(29)24-22-17-16-21(31-22)23(24)25(27)28/h21-24H,2-20H2,1H3,(H,27,28)/t21-,22+,23-,24+/m0/s1. The lowest BCUT2D eigenvalue weighted by Crippen LogP contribution is -2.39. The van der Waals surface area contributed by atoms with Gasteiger partial charge in [-0.2, -0.15) is 11.8 Å². The highest BCUT2D eigenvalue weighted by atomic mass is 32.2. The summed E-state index contributed by atoms with van der Waals surface area (Å²) in [6, 6.07) is 0. The number of fused-ring (bicyclic) bond motifs is 2. The Bertz CT molecular complexity index is 526. The Morgan fingerprint density at radius 2 is 1.28 bits per heavy atom. The Hall–Kier alpha value is -0.750. The van der Waals surface area contributed by atoms with Gasteiger partial charge in [0.05, 0.1) is 24.0 Å². The molecule has 0 aromatic carbocycles. The van der Waals surface area contributed by atoms with Gasteiger partial charge in [-0.05, 0) is 25.0 Å². The van der Waals surface area contributed by atoms with Crippen molar-refractivity contribution in [1.29, 1.82) is 0 Å². The third-order valence-corrected chi connectivity index (χ3v) is 7.98. The Morgan fingerprint density at radius 1 is 0.781 bits per heavy atom. The molecule has 186 valence electrons. The second-order valence-corrected chi connectivity index (χ2v) is 10.8. The lowest BCUT2D eigenvalue weighted by atomic mass is 9.79. The number of carbonyl (C=O) groups is 2. The van der Waals surface area contributed by atoms with Crippen LogP contribution in [0.2, 0.25) is 0 Å². The summed E-state index contributed by atoms with van der Waals surface area (Å²) in [6.07, 6.45) is 20.1. The first-order valence-electron chi connectivity index (χ1n) is 13.3. The maximum Gasteiger partial charge on any atom is 0.312 e. The summed E-state index contributed by atoms with van der Waals surface area (Å²) >= 11 is 1.82. The smallest absolute Gasteiger partial charge is 0.312 e. The monoisotopic (exact) mass is 470 g/mol. The van der Waals surface area contributed by atoms with Gasteiger partial charge >= 0.3 is 11.9 Å². The largest absolute Gasteiger partial charge is 0.481 e. The van der Waals surface area contributed by atoms with E-state index in [0.717, 1.165) is 24.3 Å². The molecule has 0 aromatic rings. The molecular formula is C26H46O5S. The van der Waals surface area contributed by atoms with E-state index >= 15 is 0 Å². The highest BCUT2D eigenvalue weighted by Gasteiger charge is 2.56. The van der Waals surface area contributed by atoms with Gasteiger partial charge < -0.3 is 14.6 Å². The summed E-state index contributed by atoms with van der Waals surface area (Å²) in [5.41, 5.74) is 0. The summed E-state index contributed by atoms with van der Waals surface area (Å²) in [7, 11) is 0. The molecule has 0 spiro atoms. The fourth-order valence-corrected chi connectivity index (χ4v) is 5.90. The minimum absolute atomic E-state index is 0.267. The van der Waals surface area contributed by atoms with Crippen LogP contribution >= 0.6 is 11.8 Å². The molecule has 32 heavy (non-hydrogen) atoms. The average Bonchev–Trinajstić information content (AvgIpc) is 3.40. The summed E-state index contributed by atoms with van der Waals surface area (Å²) < 4.78 is 11.0. The lowest BCUT2D eigenvalue weighted by Gasteiger charge is -2.23. The van der Waals surface area contributed by atoms with Gasteiger partial charge in [0.2, 0.25) is 0 Å². The first-order chi connectivity index (χ1) is 15.6. The van der Waals surface area contributed by atoms with Crippen LogP contribution in [-0.2, 0) is 19.1 Å². The SMILES string of the molecule is CCCCCCCCCCCCCCCCSCCOC(=O)[C@H]1[C@@H](C(=O)O)[C@@H]2CC[C@H]1O2. The Morgan fingerprint density at radius 3 is 1.81 bits per heavy atom. The van der Waals surface area contributed by atoms with Crippen LogP contribution in [0.5, 0.6) is 0 Å². The average molecular weight is 471 g/mol. The molecule has 2 bridgehead atoms. The van der Waals surface area contributed by atoms with Crippen LogP contribution in [-0.4, -0.2) is 47.4 Å². The number of carboxylic acid groups (broad SMARTS) is 1. The fourth-order valence-electron chi connectivity index (χ4n) is 5.09. The molecule has 4 atom stereocenters. The highest BCUT2D eigenvalue weighted by molar-refractivity contribution is 7.99. The summed E-state index contributed by atoms with van der Waals surface area (Å²) in [5, 5.41) is 9.39. The van der Waals surface area contributed by atoms with E-state index in [2.05, 4.69) is 6.92 Å². The molecule has 2 aliphatic heterocycles. The molecule has 2 aliphatic rings. The molecule has 2 rings (SSSR count). The number of carbonyl (C=O) groups excluding carboxylic acids is 1. The molecule has 2 heterocycles. The van der Waals surface area contributed by atoms with Crippen LogP contribution in [0, 0.1) is 11.8 Å². The zero-order chi connectivity index (χ0) is 23.0. The minimum atomic E-state index is -0.939. The van der Waals surface area contributed by atoms with Gasteiger partial charge in [0.1, 0.15) is 6.61 Å². The van der Waals surface area contributed by atoms with E-state index < -0.39 is 17.8 Å². The molecule has 2 fully saturated rings. The van der Waals surface area contributed by atoms with Crippen LogP contribution in [0.15, 0.2) is 0 Å². The lowest BCUT2D eigenvalue weighted by molar-refractivity contribution is -0.157. The van der Waals surface area contributed by atoms with Crippen molar-refractivity contribution in [2.24, 2.45) is 11.8 Å². The zero-order valence-electron chi connectivity index (χ0n) is 20.2. The van der Waals surface area contributed by atoms with E-state index in [9.17, 15) is 14.7 Å². The van der Waals surface area contributed by atoms with Crippen molar-refractivity contribution >= 4 is 23.7 Å². The molecule has 5 nitrogen and oxygen atoms in total. The van der Waals surface area contributed by atoms with Gasteiger partial charge in [-0.25, -0.2) is 0 Å². The number of thioether (sulfide) groups is 1. The Balaban J connectivity index is 1.33. The topological polar surface area (TPSA) is 72.8 Å². The van der Waals surface area contributed by atoms with Crippen LogP contribution < -0.4 is 0 Å². The second kappa shape index (κ2) is 16.8. The third kappa shape index (κ3) is 10.0. The Kier molecular flexibility index (Phi) is 14.4. The predicted molar refractivity (Wildman–Crippen MR) is 131 cm³/mol. The number of rotatable bonds is 20. The number of hydrogen-bond donors (Lipinski definition) is 1. The minimum Gasteiger partial charge on any atom is -0.481 e. The van der Waals surface area contributed by atoms with Crippen molar-refractivity contribution in [3.8, 4) is 0 Å². The van der Waals surface area contributed by atoms with E-state index in [-0.39, 0.29) is 18.2 Å². The number of carboxylic acids is 1. The van der Waals surface area contributed by atoms with Crippen molar-refractivity contribution < 1.29 is 24.2 Å². The number of ether oxygens (including phenoxy) is 2. The maximum absolute atomic E-state index is 12.3. The van der Waals surface area contributed by atoms with E-state index in [0.29, 0.717) is 6.61 Å². The van der Waals surface area contributed by atoms with Gasteiger partial charge in [0.15, 0.2) is 0 Å². The first kappa shape index (κ1) is 27.5. The van der Waals surface area contributed by atoms with Crippen LogP contribution in [0.25, 0.3) is 0 Å². The van der Waals surface area contributed by atoms with E-state index in [1.807, 2.05) is 11.8 Å². The maximum atomic E-state index is 12.3. The molecule has 0 aliphatic carbocycles. The molecule has 0 unspecified atom stereocenters. The molecular weight excluding hydrogens is 424 g/mol. The van der Waals surface area contributed by atoms with Crippen molar-refractivity contribution in [3.05, 3.63) is 0 Å². The number of hydrogen-bond acceptors (Lipinski definition) is 5. The number of aliphatic carboxylic acids is 1. The van der Waals surface area contributed by atoms with E-state index in [4.69, 9.17) is 9.47 Å². The molecule has 0 saturated carbocycles. The van der Waals surface area contributed by atoms with Crippen LogP contribution in [0.1, 0.15) is 110 Å². The molecule has 2 saturated heterocycles. The fraction of sp³-hybridized carbons (Fsp3) is 0.923. The molecule has 0 amide bonds. The molecule has 6 heteroatoms. The van der Waals surface area contributed by atoms with Crippen LogP contribution in [0.4, 0.5) is 0 Å². The Labute approximate surface area is 199 Å². The van der Waals surface area contributed by atoms with Gasteiger partial charge in [-0.15, -0.1) is 0 Å². The van der Waals surface area contributed by atoms with Crippen molar-refractivity contribution in [2.75, 3.05) is 18.1 Å². The summed E-state index contributed by atoms with van der Waals surface area (Å²) in [5.74, 6) is -0.798. The summed E-state index contributed by atoms with van der Waals surface area (Å²) in [6.45, 7) is 2.64. The predicted octanol–water partition coefficient (Wildman–Crippen LogP) is 6.62. The highest BCUT2D eigenvalue weighted by Crippen LogP contribution is 2.44. The first-order valence-corrected chi connectivity index (χ1v) is 14.4. The van der Waals surface area contributed by atoms with Crippen molar-refractivity contribution in [1.82, 2.24) is 0 Å².